The first-order chi connectivity index (χ1) is 8.44. The predicted molar refractivity (Wildman–Crippen MR) is 71.5 cm³/mol. The quantitative estimate of drug-likeness (QED) is 0.339. The van der Waals surface area contributed by atoms with Crippen molar-refractivity contribution in [3.8, 4) is 0 Å². The lowest BCUT2D eigenvalue weighted by Gasteiger charge is -2.27. The lowest BCUT2D eigenvalue weighted by Crippen LogP contribution is -2.55. The van der Waals surface area contributed by atoms with Crippen molar-refractivity contribution in [1.82, 2.24) is 10.3 Å². The van der Waals surface area contributed by atoms with Gasteiger partial charge in [-0.2, -0.15) is 0 Å². The van der Waals surface area contributed by atoms with Crippen LogP contribution in [0.15, 0.2) is 28.0 Å². The fourth-order valence-electron chi connectivity index (χ4n) is 1.31. The Labute approximate surface area is 113 Å². The SMILES string of the molecule is CCC(C)(NC(=O)c1ncccc1Br)/C(N)=N/O. The van der Waals surface area contributed by atoms with Crippen molar-refractivity contribution in [2.75, 3.05) is 0 Å². The molecule has 0 aliphatic heterocycles. The zero-order chi connectivity index (χ0) is 13.8. The second-order valence-corrected chi connectivity index (χ2v) is 4.81. The molecule has 18 heavy (non-hydrogen) atoms. The molecule has 0 aromatic carbocycles. The van der Waals surface area contributed by atoms with Crippen LogP contribution in [-0.4, -0.2) is 27.5 Å². The number of aromatic nitrogens is 1. The zero-order valence-electron chi connectivity index (χ0n) is 10.1. The van der Waals surface area contributed by atoms with Crippen LogP contribution >= 0.6 is 15.9 Å². The second kappa shape index (κ2) is 5.81. The molecule has 0 saturated heterocycles. The Kier molecular flexibility index (Phi) is 4.66. The van der Waals surface area contributed by atoms with Gasteiger partial charge in [-0.15, -0.1) is 0 Å². The van der Waals surface area contributed by atoms with Crippen LogP contribution in [0, 0.1) is 0 Å². The minimum absolute atomic E-state index is 0.0506. The third kappa shape index (κ3) is 2.98. The molecule has 1 heterocycles. The summed E-state index contributed by atoms with van der Waals surface area (Å²) in [5.74, 6) is -0.441. The van der Waals surface area contributed by atoms with E-state index in [0.717, 1.165) is 0 Å². The van der Waals surface area contributed by atoms with E-state index >= 15 is 0 Å². The summed E-state index contributed by atoms with van der Waals surface area (Å²) in [6.45, 7) is 3.50. The average molecular weight is 315 g/mol. The number of rotatable bonds is 4. The fourth-order valence-corrected chi connectivity index (χ4v) is 1.74. The molecule has 1 atom stereocenters. The molecule has 0 radical (unpaired) electrons. The predicted octanol–water partition coefficient (Wildman–Crippen LogP) is 1.49. The molecule has 0 spiro atoms. The third-order valence-corrected chi connectivity index (χ3v) is 3.38. The minimum atomic E-state index is -0.914. The van der Waals surface area contributed by atoms with Crippen molar-refractivity contribution in [1.29, 1.82) is 0 Å². The highest BCUT2D eigenvalue weighted by Gasteiger charge is 2.30. The van der Waals surface area contributed by atoms with Gasteiger partial charge in [0, 0.05) is 10.7 Å². The van der Waals surface area contributed by atoms with E-state index in [1.807, 2.05) is 6.92 Å². The molecule has 1 aromatic rings. The largest absolute Gasteiger partial charge is 0.409 e. The van der Waals surface area contributed by atoms with Crippen LogP contribution in [0.3, 0.4) is 0 Å². The van der Waals surface area contributed by atoms with E-state index in [1.54, 1.807) is 19.1 Å². The number of amidine groups is 1. The van der Waals surface area contributed by atoms with Crippen molar-refractivity contribution >= 4 is 27.7 Å². The minimum Gasteiger partial charge on any atom is -0.409 e. The maximum atomic E-state index is 12.1. The fraction of sp³-hybridized carbons (Fsp3) is 0.364. The Morgan fingerprint density at radius 3 is 2.89 bits per heavy atom. The number of hydrogen-bond acceptors (Lipinski definition) is 4. The summed E-state index contributed by atoms with van der Waals surface area (Å²) in [7, 11) is 0. The van der Waals surface area contributed by atoms with Crippen LogP contribution in [0.5, 0.6) is 0 Å². The van der Waals surface area contributed by atoms with Gasteiger partial charge in [0.1, 0.15) is 5.69 Å². The summed E-state index contributed by atoms with van der Waals surface area (Å²) in [5.41, 5.74) is 4.92. The van der Waals surface area contributed by atoms with Crippen LogP contribution < -0.4 is 11.1 Å². The standard InChI is InChI=1S/C11H15BrN4O2/c1-3-11(2,10(13)16-18)15-9(17)8-7(12)5-4-6-14-8/h4-6,18H,3H2,1-2H3,(H2,13,16)(H,15,17). The van der Waals surface area contributed by atoms with Crippen LogP contribution in [0.1, 0.15) is 30.8 Å². The first-order valence-corrected chi connectivity index (χ1v) is 6.15. The van der Waals surface area contributed by atoms with Gasteiger partial charge in [-0.05, 0) is 41.4 Å². The van der Waals surface area contributed by atoms with E-state index < -0.39 is 11.4 Å². The van der Waals surface area contributed by atoms with Crippen molar-refractivity contribution in [2.24, 2.45) is 10.9 Å². The summed E-state index contributed by atoms with van der Waals surface area (Å²) in [5, 5.41) is 14.4. The summed E-state index contributed by atoms with van der Waals surface area (Å²) >= 11 is 3.25. The summed E-state index contributed by atoms with van der Waals surface area (Å²) < 4.78 is 0.584. The zero-order valence-corrected chi connectivity index (χ0v) is 11.7. The molecule has 0 bridgehead atoms. The molecule has 1 rings (SSSR count). The van der Waals surface area contributed by atoms with Crippen LogP contribution in [0.4, 0.5) is 0 Å². The molecule has 6 nitrogen and oxygen atoms in total. The molecule has 7 heteroatoms. The number of hydrogen-bond donors (Lipinski definition) is 3. The van der Waals surface area contributed by atoms with E-state index in [-0.39, 0.29) is 11.5 Å². The number of nitrogens with one attached hydrogen (secondary N) is 1. The molecule has 0 saturated carbocycles. The van der Waals surface area contributed by atoms with Gasteiger partial charge < -0.3 is 16.3 Å². The molecule has 4 N–H and O–H groups in total. The number of nitrogens with zero attached hydrogens (tertiary/aromatic N) is 2. The normalized spacial score (nSPS) is 14.9. The van der Waals surface area contributed by atoms with Crippen LogP contribution in [-0.2, 0) is 0 Å². The monoisotopic (exact) mass is 314 g/mol. The van der Waals surface area contributed by atoms with Crippen molar-refractivity contribution in [3.05, 3.63) is 28.5 Å². The number of carbonyl (C=O) groups is 1. The van der Waals surface area contributed by atoms with Gasteiger partial charge in [0.2, 0.25) is 0 Å². The summed E-state index contributed by atoms with van der Waals surface area (Å²) in [6.07, 6.45) is 2.01. The number of carbonyl (C=O) groups excluding carboxylic acids is 1. The number of pyridine rings is 1. The van der Waals surface area contributed by atoms with E-state index in [9.17, 15) is 4.79 Å². The highest BCUT2D eigenvalue weighted by atomic mass is 79.9. The summed E-state index contributed by atoms with van der Waals surface area (Å²) in [6, 6.07) is 3.43. The van der Waals surface area contributed by atoms with E-state index in [2.05, 4.69) is 31.4 Å². The van der Waals surface area contributed by atoms with Gasteiger partial charge in [0.25, 0.3) is 5.91 Å². The number of nitrogens with two attached hydrogens (primary N) is 1. The van der Waals surface area contributed by atoms with Gasteiger partial charge in [-0.1, -0.05) is 12.1 Å². The van der Waals surface area contributed by atoms with Gasteiger partial charge in [0.05, 0.1) is 5.54 Å². The van der Waals surface area contributed by atoms with Crippen LogP contribution in [0.2, 0.25) is 0 Å². The molecule has 1 amide bonds. The summed E-state index contributed by atoms with van der Waals surface area (Å²) in [4.78, 5) is 16.0. The maximum Gasteiger partial charge on any atom is 0.271 e. The molecule has 98 valence electrons. The maximum absolute atomic E-state index is 12.1. The molecule has 0 aliphatic carbocycles. The molecule has 0 fully saturated rings. The first-order valence-electron chi connectivity index (χ1n) is 5.35. The smallest absolute Gasteiger partial charge is 0.271 e. The topological polar surface area (TPSA) is 101 Å². The van der Waals surface area contributed by atoms with E-state index in [4.69, 9.17) is 10.9 Å². The molecule has 1 aromatic heterocycles. The third-order valence-electron chi connectivity index (χ3n) is 2.74. The molecular weight excluding hydrogens is 300 g/mol. The number of amides is 1. The Morgan fingerprint density at radius 1 is 1.72 bits per heavy atom. The van der Waals surface area contributed by atoms with Crippen LogP contribution in [0.25, 0.3) is 0 Å². The van der Waals surface area contributed by atoms with E-state index in [0.29, 0.717) is 10.9 Å². The van der Waals surface area contributed by atoms with Gasteiger partial charge in [-0.25, -0.2) is 4.98 Å². The average Bonchev–Trinajstić information content (AvgIpc) is 2.37. The number of oxime groups is 1. The van der Waals surface area contributed by atoms with Gasteiger partial charge in [0.15, 0.2) is 5.84 Å². The highest BCUT2D eigenvalue weighted by Crippen LogP contribution is 2.16. The lowest BCUT2D eigenvalue weighted by molar-refractivity contribution is 0.0919. The Balaban J connectivity index is 2.97. The first kappa shape index (κ1) is 14.4. The lowest BCUT2D eigenvalue weighted by atomic mass is 9.97. The molecular formula is C11H15BrN4O2. The van der Waals surface area contributed by atoms with Crippen molar-refractivity contribution in [2.45, 2.75) is 25.8 Å². The Hall–Kier alpha value is -1.63. The van der Waals surface area contributed by atoms with E-state index in [1.165, 1.54) is 6.20 Å². The second-order valence-electron chi connectivity index (χ2n) is 3.96. The van der Waals surface area contributed by atoms with Gasteiger partial charge >= 0.3 is 0 Å². The highest BCUT2D eigenvalue weighted by molar-refractivity contribution is 9.10. The molecule has 1 unspecified atom stereocenters. The van der Waals surface area contributed by atoms with Crippen molar-refractivity contribution < 1.29 is 10.0 Å². The van der Waals surface area contributed by atoms with Gasteiger partial charge in [-0.3, -0.25) is 4.79 Å². The molecule has 0 aliphatic rings. The number of halogens is 1. The Morgan fingerprint density at radius 2 is 2.39 bits per heavy atom. The Bertz CT molecular complexity index is 478. The van der Waals surface area contributed by atoms with Crippen molar-refractivity contribution in [3.63, 3.8) is 0 Å².